The molecule has 1 N–H and O–H groups in total. The summed E-state index contributed by atoms with van der Waals surface area (Å²) in [6.07, 6.45) is 1.18. The van der Waals surface area contributed by atoms with Crippen molar-refractivity contribution in [2.45, 2.75) is 46.5 Å². The van der Waals surface area contributed by atoms with E-state index in [4.69, 9.17) is 5.11 Å². The molecule has 0 fully saturated rings. The Labute approximate surface area is 126 Å². The third-order valence-corrected chi connectivity index (χ3v) is 3.51. The zero-order valence-electron chi connectivity index (χ0n) is 13.3. The van der Waals surface area contributed by atoms with Crippen LogP contribution in [0.2, 0.25) is 0 Å². The van der Waals surface area contributed by atoms with Gasteiger partial charge in [-0.15, -0.1) is 0 Å². The fourth-order valence-electron chi connectivity index (χ4n) is 2.09. The molecule has 1 unspecified atom stereocenters. The highest BCUT2D eigenvalue weighted by molar-refractivity contribution is 5.94. The third kappa shape index (κ3) is 4.88. The molecule has 0 spiro atoms. The number of anilines is 1. The maximum atomic E-state index is 12.3. The number of hydrogen-bond acceptors (Lipinski definition) is 2. The summed E-state index contributed by atoms with van der Waals surface area (Å²) in [5, 5.41) is 9.07. The van der Waals surface area contributed by atoms with Crippen LogP contribution in [0.4, 0.5) is 5.69 Å². The summed E-state index contributed by atoms with van der Waals surface area (Å²) in [6.45, 7) is 7.99. The molecule has 1 rings (SSSR count). The van der Waals surface area contributed by atoms with Crippen molar-refractivity contribution in [3.63, 3.8) is 0 Å². The number of carboxylic acids is 1. The molecule has 1 aromatic rings. The van der Waals surface area contributed by atoms with Crippen molar-refractivity contribution in [1.82, 2.24) is 0 Å². The van der Waals surface area contributed by atoms with Gasteiger partial charge in [0.25, 0.3) is 0 Å². The van der Waals surface area contributed by atoms with Crippen molar-refractivity contribution in [3.05, 3.63) is 29.8 Å². The van der Waals surface area contributed by atoms with Crippen LogP contribution in [0.15, 0.2) is 24.3 Å². The lowest BCUT2D eigenvalue weighted by molar-refractivity contribution is -0.140. The second-order valence-electron chi connectivity index (χ2n) is 5.74. The Bertz CT molecular complexity index is 479. The molecular formula is C17H25NO3. The standard InChI is InChI=1S/C17H25NO3/c1-5-6-16(19)18(11-13(4)17(20)21)15-9-7-14(8-10-15)12(2)3/h7-10,12-13H,5-6,11H2,1-4H3,(H,20,21). The minimum atomic E-state index is -0.886. The van der Waals surface area contributed by atoms with Crippen molar-refractivity contribution in [2.75, 3.05) is 11.4 Å². The molecule has 0 radical (unpaired) electrons. The SMILES string of the molecule is CCCC(=O)N(CC(C)C(=O)O)c1ccc(C(C)C)cc1. The zero-order chi connectivity index (χ0) is 16.0. The maximum Gasteiger partial charge on any atom is 0.308 e. The molecule has 0 saturated heterocycles. The summed E-state index contributed by atoms with van der Waals surface area (Å²) < 4.78 is 0. The van der Waals surface area contributed by atoms with E-state index in [1.807, 2.05) is 31.2 Å². The van der Waals surface area contributed by atoms with Crippen LogP contribution in [0.1, 0.15) is 52.0 Å². The number of carboxylic acid groups (broad SMARTS) is 1. The van der Waals surface area contributed by atoms with Crippen molar-refractivity contribution in [2.24, 2.45) is 5.92 Å². The van der Waals surface area contributed by atoms with Gasteiger partial charge in [0.2, 0.25) is 5.91 Å². The molecule has 0 aromatic heterocycles. The normalized spacial score (nSPS) is 12.2. The smallest absolute Gasteiger partial charge is 0.308 e. The largest absolute Gasteiger partial charge is 0.481 e. The predicted molar refractivity (Wildman–Crippen MR) is 84.6 cm³/mol. The molecule has 0 heterocycles. The molecule has 1 amide bonds. The van der Waals surface area contributed by atoms with Gasteiger partial charge in [-0.2, -0.15) is 0 Å². The van der Waals surface area contributed by atoms with E-state index in [9.17, 15) is 9.59 Å². The number of rotatable bonds is 7. The first-order chi connectivity index (χ1) is 9.86. The fourth-order valence-corrected chi connectivity index (χ4v) is 2.09. The number of carbonyl (C=O) groups excluding carboxylic acids is 1. The van der Waals surface area contributed by atoms with Gasteiger partial charge in [-0.3, -0.25) is 9.59 Å². The molecule has 1 aromatic carbocycles. The van der Waals surface area contributed by atoms with Crippen LogP contribution in [0.25, 0.3) is 0 Å². The first-order valence-corrected chi connectivity index (χ1v) is 7.49. The molecule has 4 heteroatoms. The van der Waals surface area contributed by atoms with Gasteiger partial charge in [-0.05, 0) is 30.0 Å². The number of carbonyl (C=O) groups is 2. The Kier molecular flexibility index (Phi) is 6.40. The van der Waals surface area contributed by atoms with Crippen LogP contribution in [0.3, 0.4) is 0 Å². The number of benzene rings is 1. The van der Waals surface area contributed by atoms with Crippen LogP contribution in [-0.2, 0) is 9.59 Å². The molecule has 0 aliphatic heterocycles. The van der Waals surface area contributed by atoms with E-state index < -0.39 is 11.9 Å². The Balaban J connectivity index is 2.99. The summed E-state index contributed by atoms with van der Waals surface area (Å²) in [5.41, 5.74) is 1.97. The van der Waals surface area contributed by atoms with E-state index in [-0.39, 0.29) is 12.5 Å². The van der Waals surface area contributed by atoms with Crippen LogP contribution < -0.4 is 4.90 Å². The molecule has 0 saturated carbocycles. The lowest BCUT2D eigenvalue weighted by atomic mass is 10.0. The summed E-state index contributed by atoms with van der Waals surface area (Å²) in [6, 6.07) is 7.80. The first-order valence-electron chi connectivity index (χ1n) is 7.49. The number of nitrogens with zero attached hydrogens (tertiary/aromatic N) is 1. The minimum Gasteiger partial charge on any atom is -0.481 e. The lowest BCUT2D eigenvalue weighted by Crippen LogP contribution is -2.36. The second kappa shape index (κ2) is 7.81. The van der Waals surface area contributed by atoms with Gasteiger partial charge in [0.05, 0.1) is 5.92 Å². The van der Waals surface area contributed by atoms with Gasteiger partial charge in [0.1, 0.15) is 0 Å². The Hall–Kier alpha value is -1.84. The van der Waals surface area contributed by atoms with Gasteiger partial charge >= 0.3 is 5.97 Å². The predicted octanol–water partition coefficient (Wildman–Crippen LogP) is 3.66. The molecule has 0 aliphatic rings. The van der Waals surface area contributed by atoms with E-state index in [1.165, 1.54) is 5.56 Å². The number of aliphatic carboxylic acids is 1. The van der Waals surface area contributed by atoms with Gasteiger partial charge in [0.15, 0.2) is 0 Å². The van der Waals surface area contributed by atoms with E-state index >= 15 is 0 Å². The summed E-state index contributed by atoms with van der Waals surface area (Å²) in [4.78, 5) is 24.9. The topological polar surface area (TPSA) is 57.6 Å². The average Bonchev–Trinajstić information content (AvgIpc) is 2.44. The number of amides is 1. The zero-order valence-corrected chi connectivity index (χ0v) is 13.3. The quantitative estimate of drug-likeness (QED) is 0.834. The van der Waals surface area contributed by atoms with Crippen LogP contribution in [-0.4, -0.2) is 23.5 Å². The van der Waals surface area contributed by atoms with Crippen molar-refractivity contribution in [1.29, 1.82) is 0 Å². The Morgan fingerprint density at radius 1 is 1.14 bits per heavy atom. The molecule has 116 valence electrons. The average molecular weight is 291 g/mol. The van der Waals surface area contributed by atoms with Crippen LogP contribution in [0.5, 0.6) is 0 Å². The highest BCUT2D eigenvalue weighted by atomic mass is 16.4. The Morgan fingerprint density at radius 2 is 1.71 bits per heavy atom. The van der Waals surface area contributed by atoms with Crippen LogP contribution in [0, 0.1) is 5.92 Å². The number of hydrogen-bond donors (Lipinski definition) is 1. The molecule has 21 heavy (non-hydrogen) atoms. The Morgan fingerprint density at radius 3 is 2.14 bits per heavy atom. The van der Waals surface area contributed by atoms with E-state index in [1.54, 1.807) is 11.8 Å². The summed E-state index contributed by atoms with van der Waals surface area (Å²) >= 11 is 0. The molecule has 0 bridgehead atoms. The molecule has 0 aliphatic carbocycles. The van der Waals surface area contributed by atoms with E-state index in [2.05, 4.69) is 13.8 Å². The second-order valence-corrected chi connectivity index (χ2v) is 5.74. The lowest BCUT2D eigenvalue weighted by Gasteiger charge is -2.25. The third-order valence-electron chi connectivity index (χ3n) is 3.51. The monoisotopic (exact) mass is 291 g/mol. The summed E-state index contributed by atoms with van der Waals surface area (Å²) in [5.74, 6) is -1.07. The fraction of sp³-hybridized carbons (Fsp3) is 0.529. The van der Waals surface area contributed by atoms with Crippen molar-refractivity contribution >= 4 is 17.6 Å². The maximum absolute atomic E-state index is 12.3. The highest BCUT2D eigenvalue weighted by Crippen LogP contribution is 2.22. The van der Waals surface area contributed by atoms with Gasteiger partial charge in [-0.25, -0.2) is 0 Å². The van der Waals surface area contributed by atoms with Crippen LogP contribution >= 0.6 is 0 Å². The van der Waals surface area contributed by atoms with Gasteiger partial charge in [-0.1, -0.05) is 39.8 Å². The van der Waals surface area contributed by atoms with Crippen molar-refractivity contribution < 1.29 is 14.7 Å². The minimum absolute atomic E-state index is 0.0251. The van der Waals surface area contributed by atoms with E-state index in [0.717, 1.165) is 12.1 Å². The van der Waals surface area contributed by atoms with Gasteiger partial charge < -0.3 is 10.0 Å². The first kappa shape index (κ1) is 17.2. The van der Waals surface area contributed by atoms with Crippen molar-refractivity contribution in [3.8, 4) is 0 Å². The molecular weight excluding hydrogens is 266 g/mol. The van der Waals surface area contributed by atoms with E-state index in [0.29, 0.717) is 12.3 Å². The van der Waals surface area contributed by atoms with Gasteiger partial charge in [0, 0.05) is 18.7 Å². The summed E-state index contributed by atoms with van der Waals surface area (Å²) in [7, 11) is 0. The molecule has 4 nitrogen and oxygen atoms in total. The molecule has 1 atom stereocenters. The highest BCUT2D eigenvalue weighted by Gasteiger charge is 2.21.